The van der Waals surface area contributed by atoms with E-state index in [1.807, 2.05) is 17.0 Å². The van der Waals surface area contributed by atoms with E-state index in [1.54, 1.807) is 25.4 Å². The third-order valence-corrected chi connectivity index (χ3v) is 4.59. The smallest absolute Gasteiger partial charge is 0.337 e. The summed E-state index contributed by atoms with van der Waals surface area (Å²) in [5, 5.41) is 9.10. The van der Waals surface area contributed by atoms with Gasteiger partial charge in [0.1, 0.15) is 0 Å². The number of hydrogen-bond donors (Lipinski definition) is 1. The van der Waals surface area contributed by atoms with Crippen LogP contribution in [-0.2, 0) is 11.2 Å². The topological polar surface area (TPSA) is 83.4 Å². The van der Waals surface area contributed by atoms with Gasteiger partial charge in [0.25, 0.3) is 0 Å². The third kappa shape index (κ3) is 4.21. The Kier molecular flexibility index (Phi) is 5.07. The maximum absolute atomic E-state index is 11.6. The Morgan fingerprint density at radius 3 is 2.92 bits per heavy atom. The van der Waals surface area contributed by atoms with Crippen molar-refractivity contribution < 1.29 is 14.7 Å². The van der Waals surface area contributed by atoms with Crippen molar-refractivity contribution in [3.05, 3.63) is 47.9 Å². The largest absolute Gasteiger partial charge is 0.478 e. The number of hydrogen-bond acceptors (Lipinski definition) is 4. The number of piperidine rings is 1. The van der Waals surface area contributed by atoms with Crippen molar-refractivity contribution in [3.8, 4) is 11.3 Å². The molecule has 3 heterocycles. The lowest BCUT2D eigenvalue weighted by molar-refractivity contribution is -0.130. The average molecular weight is 339 g/mol. The van der Waals surface area contributed by atoms with E-state index in [-0.39, 0.29) is 11.5 Å². The summed E-state index contributed by atoms with van der Waals surface area (Å²) in [6.45, 7) is 3.26. The van der Waals surface area contributed by atoms with Crippen LogP contribution in [0.1, 0.15) is 35.7 Å². The van der Waals surface area contributed by atoms with Gasteiger partial charge < -0.3 is 10.0 Å². The SMILES string of the molecule is CC(=O)N1CCCC(Cc2ccnc(-c3cncc(C(=O)O)c3)c2)C1. The van der Waals surface area contributed by atoms with E-state index in [2.05, 4.69) is 9.97 Å². The molecular formula is C19H21N3O3. The van der Waals surface area contributed by atoms with Crippen LogP contribution in [0.3, 0.4) is 0 Å². The summed E-state index contributed by atoms with van der Waals surface area (Å²) in [5.74, 6) is -0.426. The first-order valence-corrected chi connectivity index (χ1v) is 8.42. The summed E-state index contributed by atoms with van der Waals surface area (Å²) in [4.78, 5) is 32.9. The summed E-state index contributed by atoms with van der Waals surface area (Å²) in [6, 6.07) is 5.54. The standard InChI is InChI=1S/C19H21N3O3/c1-13(23)22-6-2-3-15(12-22)7-14-4-5-21-18(8-14)16-9-17(19(24)25)11-20-10-16/h4-5,8-11,15H,2-3,6-7,12H2,1H3,(H,24,25). The number of aromatic carboxylic acids is 1. The molecule has 0 aromatic carbocycles. The minimum Gasteiger partial charge on any atom is -0.478 e. The molecule has 2 aromatic heterocycles. The lowest BCUT2D eigenvalue weighted by atomic mass is 9.91. The molecule has 1 aliphatic heterocycles. The van der Waals surface area contributed by atoms with Crippen LogP contribution in [0.15, 0.2) is 36.8 Å². The fourth-order valence-electron chi connectivity index (χ4n) is 3.31. The first-order chi connectivity index (χ1) is 12.0. The van der Waals surface area contributed by atoms with Gasteiger partial charge in [0.15, 0.2) is 0 Å². The van der Waals surface area contributed by atoms with Gasteiger partial charge in [-0.1, -0.05) is 0 Å². The molecule has 6 heteroatoms. The molecule has 0 bridgehead atoms. The number of carbonyl (C=O) groups is 2. The summed E-state index contributed by atoms with van der Waals surface area (Å²) in [5.41, 5.74) is 2.69. The lowest BCUT2D eigenvalue weighted by Crippen LogP contribution is -2.39. The van der Waals surface area contributed by atoms with Crippen molar-refractivity contribution in [2.24, 2.45) is 5.92 Å². The second kappa shape index (κ2) is 7.42. The van der Waals surface area contributed by atoms with Crippen molar-refractivity contribution in [1.82, 2.24) is 14.9 Å². The molecule has 0 radical (unpaired) electrons. The molecule has 1 aliphatic rings. The maximum Gasteiger partial charge on any atom is 0.337 e. The molecule has 2 aromatic rings. The monoisotopic (exact) mass is 339 g/mol. The van der Waals surface area contributed by atoms with E-state index in [4.69, 9.17) is 5.11 Å². The zero-order valence-electron chi connectivity index (χ0n) is 14.2. The molecule has 0 saturated carbocycles. The Bertz CT molecular complexity index is 791. The summed E-state index contributed by atoms with van der Waals surface area (Å²) in [7, 11) is 0. The molecule has 1 amide bonds. The summed E-state index contributed by atoms with van der Waals surface area (Å²) < 4.78 is 0. The first kappa shape index (κ1) is 17.1. The molecule has 130 valence electrons. The number of aromatic nitrogens is 2. The maximum atomic E-state index is 11.6. The van der Waals surface area contributed by atoms with Gasteiger partial charge in [-0.05, 0) is 48.9 Å². The molecule has 25 heavy (non-hydrogen) atoms. The highest BCUT2D eigenvalue weighted by Crippen LogP contribution is 2.23. The molecule has 3 rings (SSSR count). The summed E-state index contributed by atoms with van der Waals surface area (Å²) >= 11 is 0. The van der Waals surface area contributed by atoms with Gasteiger partial charge >= 0.3 is 5.97 Å². The number of nitrogens with zero attached hydrogens (tertiary/aromatic N) is 3. The van der Waals surface area contributed by atoms with E-state index in [0.29, 0.717) is 17.2 Å². The molecule has 1 unspecified atom stereocenters. The molecule has 1 fully saturated rings. The van der Waals surface area contributed by atoms with Crippen LogP contribution in [0.5, 0.6) is 0 Å². The Labute approximate surface area is 146 Å². The van der Waals surface area contributed by atoms with Gasteiger partial charge in [-0.15, -0.1) is 0 Å². The van der Waals surface area contributed by atoms with Crippen LogP contribution in [0.25, 0.3) is 11.3 Å². The van der Waals surface area contributed by atoms with Crippen molar-refractivity contribution >= 4 is 11.9 Å². The van der Waals surface area contributed by atoms with Gasteiger partial charge in [-0.3, -0.25) is 14.8 Å². The predicted molar refractivity (Wildman–Crippen MR) is 93.1 cm³/mol. The average Bonchev–Trinajstić information content (AvgIpc) is 2.62. The van der Waals surface area contributed by atoms with Crippen LogP contribution in [0, 0.1) is 5.92 Å². The predicted octanol–water partition coefficient (Wildman–Crippen LogP) is 2.64. The Balaban J connectivity index is 1.77. The Morgan fingerprint density at radius 1 is 1.32 bits per heavy atom. The molecule has 1 N–H and O–H groups in total. The van der Waals surface area contributed by atoms with E-state index in [9.17, 15) is 9.59 Å². The van der Waals surface area contributed by atoms with Crippen molar-refractivity contribution in [1.29, 1.82) is 0 Å². The molecule has 0 aliphatic carbocycles. The number of amides is 1. The second-order valence-corrected chi connectivity index (χ2v) is 6.49. The highest BCUT2D eigenvalue weighted by Gasteiger charge is 2.21. The van der Waals surface area contributed by atoms with Crippen LogP contribution >= 0.6 is 0 Å². The molecule has 6 nitrogen and oxygen atoms in total. The quantitative estimate of drug-likeness (QED) is 0.926. The zero-order chi connectivity index (χ0) is 17.8. The van der Waals surface area contributed by atoms with Gasteiger partial charge in [-0.2, -0.15) is 0 Å². The van der Waals surface area contributed by atoms with Crippen molar-refractivity contribution in [2.45, 2.75) is 26.2 Å². The normalized spacial score (nSPS) is 17.3. The second-order valence-electron chi connectivity index (χ2n) is 6.49. The molecule has 0 spiro atoms. The highest BCUT2D eigenvalue weighted by molar-refractivity contribution is 5.88. The lowest BCUT2D eigenvalue weighted by Gasteiger charge is -2.32. The number of carbonyl (C=O) groups excluding carboxylic acids is 1. The molecule has 1 saturated heterocycles. The van der Waals surface area contributed by atoms with Crippen molar-refractivity contribution in [2.75, 3.05) is 13.1 Å². The van der Waals surface area contributed by atoms with Crippen LogP contribution < -0.4 is 0 Å². The van der Waals surface area contributed by atoms with Crippen LogP contribution in [0.4, 0.5) is 0 Å². The number of rotatable bonds is 4. The van der Waals surface area contributed by atoms with Gasteiger partial charge in [0.2, 0.25) is 5.91 Å². The van der Waals surface area contributed by atoms with E-state index < -0.39 is 5.97 Å². The number of likely N-dealkylation sites (tertiary alicyclic amines) is 1. The molecule has 1 atom stereocenters. The minimum atomic E-state index is -1.00. The number of carboxylic acids is 1. The van der Waals surface area contributed by atoms with Gasteiger partial charge in [0, 0.05) is 44.2 Å². The minimum absolute atomic E-state index is 0.136. The zero-order valence-corrected chi connectivity index (χ0v) is 14.2. The van der Waals surface area contributed by atoms with Gasteiger partial charge in [0.05, 0.1) is 11.3 Å². The highest BCUT2D eigenvalue weighted by atomic mass is 16.4. The Morgan fingerprint density at radius 2 is 2.16 bits per heavy atom. The molecular weight excluding hydrogens is 318 g/mol. The van der Waals surface area contributed by atoms with Crippen LogP contribution in [0.2, 0.25) is 0 Å². The third-order valence-electron chi connectivity index (χ3n) is 4.59. The van der Waals surface area contributed by atoms with E-state index in [1.165, 1.54) is 6.20 Å². The van der Waals surface area contributed by atoms with Crippen LogP contribution in [-0.4, -0.2) is 44.9 Å². The van der Waals surface area contributed by atoms with E-state index in [0.717, 1.165) is 37.9 Å². The van der Waals surface area contributed by atoms with E-state index >= 15 is 0 Å². The summed E-state index contributed by atoms with van der Waals surface area (Å²) in [6.07, 6.45) is 7.71. The number of pyridine rings is 2. The fourth-order valence-corrected chi connectivity index (χ4v) is 3.31. The fraction of sp³-hybridized carbons (Fsp3) is 0.368. The Hall–Kier alpha value is -2.76. The first-order valence-electron chi connectivity index (χ1n) is 8.42. The van der Waals surface area contributed by atoms with Crippen molar-refractivity contribution in [3.63, 3.8) is 0 Å². The van der Waals surface area contributed by atoms with Gasteiger partial charge in [-0.25, -0.2) is 4.79 Å². The number of carboxylic acid groups (broad SMARTS) is 1.